The smallest absolute Gasteiger partial charge is 0.161 e. The van der Waals surface area contributed by atoms with Gasteiger partial charge in [0, 0.05) is 4.90 Å². The van der Waals surface area contributed by atoms with Crippen molar-refractivity contribution < 1.29 is 4.79 Å². The summed E-state index contributed by atoms with van der Waals surface area (Å²) in [6.07, 6.45) is 0.917. The number of thiophene rings is 2. The molecule has 0 fully saturated rings. The van der Waals surface area contributed by atoms with Gasteiger partial charge < -0.3 is 0 Å². The van der Waals surface area contributed by atoms with Crippen LogP contribution in [0.15, 0.2) is 38.1 Å². The summed E-state index contributed by atoms with van der Waals surface area (Å²) in [5, 5.41) is 3.98. The second-order valence-corrected chi connectivity index (χ2v) is 5.54. The molecular weight excluding hydrogens is 220 g/mol. The molecule has 0 aliphatic carbocycles. The number of rotatable bonds is 3. The molecule has 0 radical (unpaired) electrons. The van der Waals surface area contributed by atoms with E-state index in [4.69, 9.17) is 0 Å². The number of carbonyl (C=O) groups excluding carboxylic acids is 1. The van der Waals surface area contributed by atoms with Crippen LogP contribution in [0.2, 0.25) is 0 Å². The summed E-state index contributed by atoms with van der Waals surface area (Å²) in [6, 6.07) is 6.06. The molecule has 0 aliphatic heterocycles. The standard InChI is InChI=1S/C9H6OS3/c10-6-8-7(3-5-11-8)13-9-2-1-4-12-9/h1-6H. The van der Waals surface area contributed by atoms with Crippen molar-refractivity contribution in [1.82, 2.24) is 0 Å². The number of aldehydes is 1. The van der Waals surface area contributed by atoms with Crippen molar-refractivity contribution in [2.24, 2.45) is 0 Å². The Morgan fingerprint density at radius 1 is 1.23 bits per heavy atom. The van der Waals surface area contributed by atoms with Crippen LogP contribution in [0.25, 0.3) is 0 Å². The van der Waals surface area contributed by atoms with Gasteiger partial charge in [0.15, 0.2) is 6.29 Å². The molecule has 0 aromatic carbocycles. The molecule has 2 aromatic heterocycles. The third-order valence-electron chi connectivity index (χ3n) is 1.47. The molecule has 66 valence electrons. The SMILES string of the molecule is O=Cc1sccc1Sc1cccs1. The Hall–Kier alpha value is -0.580. The molecule has 2 aromatic rings. The van der Waals surface area contributed by atoms with E-state index < -0.39 is 0 Å². The predicted octanol–water partition coefficient (Wildman–Crippen LogP) is 3.77. The fraction of sp³-hybridized carbons (Fsp3) is 0. The molecule has 0 N–H and O–H groups in total. The van der Waals surface area contributed by atoms with E-state index >= 15 is 0 Å². The van der Waals surface area contributed by atoms with Crippen LogP contribution in [-0.2, 0) is 0 Å². The van der Waals surface area contributed by atoms with Gasteiger partial charge in [-0.15, -0.1) is 22.7 Å². The van der Waals surface area contributed by atoms with Gasteiger partial charge in [0.05, 0.1) is 9.09 Å². The topological polar surface area (TPSA) is 17.1 Å². The van der Waals surface area contributed by atoms with Gasteiger partial charge in [-0.25, -0.2) is 0 Å². The predicted molar refractivity (Wildman–Crippen MR) is 58.1 cm³/mol. The van der Waals surface area contributed by atoms with E-state index in [2.05, 4.69) is 6.07 Å². The van der Waals surface area contributed by atoms with Crippen LogP contribution in [0.5, 0.6) is 0 Å². The molecular formula is C9H6OS3. The minimum atomic E-state index is 0.818. The molecule has 2 heterocycles. The van der Waals surface area contributed by atoms with Gasteiger partial charge in [0.2, 0.25) is 0 Å². The highest BCUT2D eigenvalue weighted by Crippen LogP contribution is 2.34. The fourth-order valence-corrected chi connectivity index (χ4v) is 3.58. The molecule has 2 rings (SSSR count). The zero-order chi connectivity index (χ0) is 9.10. The zero-order valence-corrected chi connectivity index (χ0v) is 9.05. The molecule has 4 heteroatoms. The maximum Gasteiger partial charge on any atom is 0.161 e. The van der Waals surface area contributed by atoms with Gasteiger partial charge in [-0.3, -0.25) is 4.79 Å². The van der Waals surface area contributed by atoms with E-state index in [-0.39, 0.29) is 0 Å². The van der Waals surface area contributed by atoms with E-state index in [1.165, 1.54) is 15.5 Å². The average Bonchev–Trinajstić information content (AvgIpc) is 2.76. The van der Waals surface area contributed by atoms with Crippen LogP contribution in [0.3, 0.4) is 0 Å². The molecule has 13 heavy (non-hydrogen) atoms. The Bertz CT molecular complexity index is 389. The zero-order valence-electron chi connectivity index (χ0n) is 6.60. The molecule has 0 unspecified atom stereocenters. The summed E-state index contributed by atoms with van der Waals surface area (Å²) in [5.74, 6) is 0. The highest BCUT2D eigenvalue weighted by molar-refractivity contribution is 8.01. The lowest BCUT2D eigenvalue weighted by Gasteiger charge is -1.93. The van der Waals surface area contributed by atoms with Crippen molar-refractivity contribution in [3.63, 3.8) is 0 Å². The van der Waals surface area contributed by atoms with Crippen molar-refractivity contribution in [2.45, 2.75) is 9.10 Å². The molecule has 0 amide bonds. The lowest BCUT2D eigenvalue weighted by atomic mass is 10.5. The first-order valence-electron chi connectivity index (χ1n) is 3.64. The lowest BCUT2D eigenvalue weighted by molar-refractivity contribution is 0.112. The Balaban J connectivity index is 2.23. The third kappa shape index (κ3) is 2.02. The summed E-state index contributed by atoms with van der Waals surface area (Å²) in [4.78, 5) is 12.5. The number of carbonyl (C=O) groups is 1. The van der Waals surface area contributed by atoms with E-state index in [1.54, 1.807) is 23.1 Å². The van der Waals surface area contributed by atoms with Gasteiger partial charge in [0.25, 0.3) is 0 Å². The van der Waals surface area contributed by atoms with Crippen molar-refractivity contribution in [3.05, 3.63) is 33.8 Å². The summed E-state index contributed by atoms with van der Waals surface area (Å²) in [6.45, 7) is 0. The molecule has 0 spiro atoms. The normalized spacial score (nSPS) is 10.2. The van der Waals surface area contributed by atoms with Crippen molar-refractivity contribution >= 4 is 40.7 Å². The van der Waals surface area contributed by atoms with Crippen LogP contribution in [0.4, 0.5) is 0 Å². The average molecular weight is 226 g/mol. The number of hydrogen-bond acceptors (Lipinski definition) is 4. The highest BCUT2D eigenvalue weighted by Gasteiger charge is 2.04. The Morgan fingerprint density at radius 3 is 2.85 bits per heavy atom. The first-order valence-corrected chi connectivity index (χ1v) is 6.22. The molecule has 0 aliphatic rings. The second-order valence-electron chi connectivity index (χ2n) is 2.30. The second kappa shape index (κ2) is 4.09. The monoisotopic (exact) mass is 226 g/mol. The highest BCUT2D eigenvalue weighted by atomic mass is 32.2. The van der Waals surface area contributed by atoms with Gasteiger partial charge >= 0.3 is 0 Å². The first kappa shape index (κ1) is 8.99. The quantitative estimate of drug-likeness (QED) is 0.741. The molecule has 0 bridgehead atoms. The summed E-state index contributed by atoms with van der Waals surface area (Å²) >= 11 is 4.83. The van der Waals surface area contributed by atoms with Gasteiger partial charge in [0.1, 0.15) is 0 Å². The molecule has 0 saturated carbocycles. The summed E-state index contributed by atoms with van der Waals surface area (Å²) in [5.41, 5.74) is 0. The molecule has 1 nitrogen and oxygen atoms in total. The van der Waals surface area contributed by atoms with Crippen molar-refractivity contribution in [1.29, 1.82) is 0 Å². The van der Waals surface area contributed by atoms with E-state index in [0.717, 1.165) is 16.1 Å². The molecule has 0 saturated heterocycles. The van der Waals surface area contributed by atoms with E-state index in [9.17, 15) is 4.79 Å². The van der Waals surface area contributed by atoms with Crippen LogP contribution < -0.4 is 0 Å². The van der Waals surface area contributed by atoms with Gasteiger partial charge in [-0.1, -0.05) is 17.8 Å². The molecule has 0 atom stereocenters. The van der Waals surface area contributed by atoms with Crippen LogP contribution >= 0.6 is 34.4 Å². The first-order chi connectivity index (χ1) is 6.40. The summed E-state index contributed by atoms with van der Waals surface area (Å²) in [7, 11) is 0. The van der Waals surface area contributed by atoms with Gasteiger partial charge in [-0.2, -0.15) is 0 Å². The third-order valence-corrected chi connectivity index (χ3v) is 4.55. The maximum atomic E-state index is 10.6. The summed E-state index contributed by atoms with van der Waals surface area (Å²) < 4.78 is 1.22. The van der Waals surface area contributed by atoms with Gasteiger partial charge in [-0.05, 0) is 22.9 Å². The number of hydrogen-bond donors (Lipinski definition) is 0. The van der Waals surface area contributed by atoms with Crippen molar-refractivity contribution in [3.8, 4) is 0 Å². The Morgan fingerprint density at radius 2 is 2.15 bits per heavy atom. The Kier molecular flexibility index (Phi) is 2.83. The lowest BCUT2D eigenvalue weighted by Crippen LogP contribution is -1.73. The largest absolute Gasteiger partial charge is 0.297 e. The van der Waals surface area contributed by atoms with E-state index in [0.29, 0.717) is 0 Å². The maximum absolute atomic E-state index is 10.6. The van der Waals surface area contributed by atoms with Crippen LogP contribution in [-0.4, -0.2) is 6.29 Å². The van der Waals surface area contributed by atoms with Crippen molar-refractivity contribution in [2.75, 3.05) is 0 Å². The van der Waals surface area contributed by atoms with E-state index in [1.807, 2.05) is 22.9 Å². The minimum absolute atomic E-state index is 0.818. The minimum Gasteiger partial charge on any atom is -0.297 e. The Labute approximate surface area is 88.4 Å². The fourth-order valence-electron chi connectivity index (χ4n) is 0.909. The van der Waals surface area contributed by atoms with Crippen LogP contribution in [0, 0.1) is 0 Å². The van der Waals surface area contributed by atoms with Crippen LogP contribution in [0.1, 0.15) is 9.67 Å².